The molecule has 0 aromatic rings. The highest BCUT2D eigenvalue weighted by molar-refractivity contribution is 4.92. The molecule has 0 radical (unpaired) electrons. The van der Waals surface area contributed by atoms with Gasteiger partial charge in [0.2, 0.25) is 0 Å². The summed E-state index contributed by atoms with van der Waals surface area (Å²) in [7, 11) is 0. The van der Waals surface area contributed by atoms with Crippen molar-refractivity contribution in [2.45, 2.75) is 103 Å². The van der Waals surface area contributed by atoms with Crippen molar-refractivity contribution in [3.8, 4) is 0 Å². The van der Waals surface area contributed by atoms with Gasteiger partial charge in [0, 0.05) is 6.61 Å². The number of hydrogen-bond donors (Lipinski definition) is 0. The highest BCUT2D eigenvalue weighted by atomic mass is 16.5. The standard InChI is InChI=1S/C22H40O/c1-3-5-7-9-19-10-12-20(13-11-19)21-14-16-22(17-15-21)23-18-8-6-4-2/h7,9,19-22H,3-6,8,10-18H2,1-2H3/b9-7+. The molecule has 0 spiro atoms. The van der Waals surface area contributed by atoms with Crippen molar-refractivity contribution in [3.05, 3.63) is 12.2 Å². The summed E-state index contributed by atoms with van der Waals surface area (Å²) in [5.41, 5.74) is 0. The Morgan fingerprint density at radius 3 is 2.04 bits per heavy atom. The Morgan fingerprint density at radius 1 is 0.783 bits per heavy atom. The van der Waals surface area contributed by atoms with E-state index in [-0.39, 0.29) is 0 Å². The molecule has 2 aliphatic rings. The molecule has 0 aliphatic heterocycles. The van der Waals surface area contributed by atoms with E-state index in [1.807, 2.05) is 0 Å². The van der Waals surface area contributed by atoms with Gasteiger partial charge in [-0.2, -0.15) is 0 Å². The number of unbranched alkanes of at least 4 members (excludes halogenated alkanes) is 3. The van der Waals surface area contributed by atoms with Crippen molar-refractivity contribution in [3.63, 3.8) is 0 Å². The largest absolute Gasteiger partial charge is 0.378 e. The molecule has 134 valence electrons. The molecule has 0 unspecified atom stereocenters. The third kappa shape index (κ3) is 6.99. The predicted molar refractivity (Wildman–Crippen MR) is 101 cm³/mol. The van der Waals surface area contributed by atoms with Crippen molar-refractivity contribution >= 4 is 0 Å². The molecular formula is C22H40O. The fourth-order valence-electron chi connectivity index (χ4n) is 4.59. The molecule has 1 nitrogen and oxygen atoms in total. The first-order valence-corrected chi connectivity index (χ1v) is 10.6. The first kappa shape index (κ1) is 19.0. The zero-order valence-corrected chi connectivity index (χ0v) is 15.8. The Hall–Kier alpha value is -0.300. The third-order valence-electron chi connectivity index (χ3n) is 6.17. The molecule has 23 heavy (non-hydrogen) atoms. The summed E-state index contributed by atoms with van der Waals surface area (Å²) in [5.74, 6) is 2.91. The number of ether oxygens (including phenoxy) is 1. The summed E-state index contributed by atoms with van der Waals surface area (Å²) in [6, 6.07) is 0. The van der Waals surface area contributed by atoms with Gasteiger partial charge in [-0.1, -0.05) is 45.3 Å². The summed E-state index contributed by atoms with van der Waals surface area (Å²) >= 11 is 0. The number of hydrogen-bond acceptors (Lipinski definition) is 1. The van der Waals surface area contributed by atoms with E-state index in [4.69, 9.17) is 4.74 Å². The van der Waals surface area contributed by atoms with Crippen LogP contribution >= 0.6 is 0 Å². The van der Waals surface area contributed by atoms with Gasteiger partial charge in [-0.15, -0.1) is 0 Å². The smallest absolute Gasteiger partial charge is 0.0575 e. The first-order valence-electron chi connectivity index (χ1n) is 10.6. The van der Waals surface area contributed by atoms with Crippen LogP contribution in [0, 0.1) is 17.8 Å². The zero-order chi connectivity index (χ0) is 16.3. The molecule has 0 aromatic carbocycles. The van der Waals surface area contributed by atoms with Gasteiger partial charge in [-0.3, -0.25) is 0 Å². The monoisotopic (exact) mass is 320 g/mol. The van der Waals surface area contributed by atoms with Gasteiger partial charge in [0.05, 0.1) is 6.10 Å². The molecule has 0 aromatic heterocycles. The zero-order valence-electron chi connectivity index (χ0n) is 15.8. The second-order valence-corrected chi connectivity index (χ2v) is 8.01. The molecule has 1 heteroatoms. The fraction of sp³-hybridized carbons (Fsp3) is 0.909. The van der Waals surface area contributed by atoms with E-state index in [1.54, 1.807) is 0 Å². The normalized spacial score (nSPS) is 32.4. The molecule has 0 amide bonds. The van der Waals surface area contributed by atoms with Crippen molar-refractivity contribution in [1.82, 2.24) is 0 Å². The van der Waals surface area contributed by atoms with Gasteiger partial charge in [-0.05, 0) is 82.0 Å². The SMILES string of the molecule is CCC/C=C/C1CCC(C2CCC(OCCCCC)CC2)CC1. The summed E-state index contributed by atoms with van der Waals surface area (Å²) < 4.78 is 6.08. The Labute approximate surface area is 145 Å². The minimum atomic E-state index is 0.580. The molecular weight excluding hydrogens is 280 g/mol. The van der Waals surface area contributed by atoms with E-state index in [0.717, 1.165) is 24.4 Å². The lowest BCUT2D eigenvalue weighted by molar-refractivity contribution is 0.00606. The van der Waals surface area contributed by atoms with Crippen LogP contribution in [-0.2, 0) is 4.74 Å². The molecule has 0 atom stereocenters. The lowest BCUT2D eigenvalue weighted by atomic mass is 9.70. The van der Waals surface area contributed by atoms with E-state index in [2.05, 4.69) is 26.0 Å². The number of rotatable bonds is 9. The van der Waals surface area contributed by atoms with Crippen LogP contribution in [0.5, 0.6) is 0 Å². The van der Waals surface area contributed by atoms with Crippen molar-refractivity contribution < 1.29 is 4.74 Å². The van der Waals surface area contributed by atoms with Gasteiger partial charge in [-0.25, -0.2) is 0 Å². The van der Waals surface area contributed by atoms with Gasteiger partial charge >= 0.3 is 0 Å². The Morgan fingerprint density at radius 2 is 1.43 bits per heavy atom. The van der Waals surface area contributed by atoms with Crippen LogP contribution in [0.15, 0.2) is 12.2 Å². The van der Waals surface area contributed by atoms with E-state index < -0.39 is 0 Å². The van der Waals surface area contributed by atoms with Gasteiger partial charge in [0.1, 0.15) is 0 Å². The first-order chi connectivity index (χ1) is 11.3. The van der Waals surface area contributed by atoms with Crippen LogP contribution in [0.4, 0.5) is 0 Å². The summed E-state index contributed by atoms with van der Waals surface area (Å²) in [6.07, 6.45) is 23.3. The predicted octanol–water partition coefficient (Wildman–Crippen LogP) is 6.91. The fourth-order valence-corrected chi connectivity index (χ4v) is 4.59. The highest BCUT2D eigenvalue weighted by Gasteiger charge is 2.30. The van der Waals surface area contributed by atoms with E-state index in [0.29, 0.717) is 6.10 Å². The lowest BCUT2D eigenvalue weighted by Gasteiger charge is -2.37. The van der Waals surface area contributed by atoms with E-state index in [9.17, 15) is 0 Å². The van der Waals surface area contributed by atoms with Crippen LogP contribution in [0.25, 0.3) is 0 Å². The van der Waals surface area contributed by atoms with E-state index >= 15 is 0 Å². The quantitative estimate of drug-likeness (QED) is 0.331. The molecule has 2 rings (SSSR count). The second-order valence-electron chi connectivity index (χ2n) is 8.01. The van der Waals surface area contributed by atoms with E-state index in [1.165, 1.54) is 83.5 Å². The minimum Gasteiger partial charge on any atom is -0.378 e. The average molecular weight is 321 g/mol. The summed E-state index contributed by atoms with van der Waals surface area (Å²) in [5, 5.41) is 0. The molecule has 2 saturated carbocycles. The maximum atomic E-state index is 6.08. The minimum absolute atomic E-state index is 0.580. The van der Waals surface area contributed by atoms with Crippen LogP contribution in [0.1, 0.15) is 97.3 Å². The second kappa shape index (κ2) is 11.3. The lowest BCUT2D eigenvalue weighted by Crippen LogP contribution is -2.28. The summed E-state index contributed by atoms with van der Waals surface area (Å²) in [4.78, 5) is 0. The molecule has 0 N–H and O–H groups in total. The maximum Gasteiger partial charge on any atom is 0.0575 e. The maximum absolute atomic E-state index is 6.08. The molecule has 2 fully saturated rings. The molecule has 0 heterocycles. The van der Waals surface area contributed by atoms with Crippen LogP contribution in [0.3, 0.4) is 0 Å². The Balaban J connectivity index is 1.59. The topological polar surface area (TPSA) is 9.23 Å². The van der Waals surface area contributed by atoms with Gasteiger partial charge in [0.15, 0.2) is 0 Å². The average Bonchev–Trinajstić information content (AvgIpc) is 2.60. The Kier molecular flexibility index (Phi) is 9.34. The molecule has 2 aliphatic carbocycles. The van der Waals surface area contributed by atoms with Gasteiger partial charge < -0.3 is 4.74 Å². The van der Waals surface area contributed by atoms with Crippen LogP contribution < -0.4 is 0 Å². The molecule has 0 saturated heterocycles. The highest BCUT2D eigenvalue weighted by Crippen LogP contribution is 2.40. The molecule has 0 bridgehead atoms. The van der Waals surface area contributed by atoms with Crippen molar-refractivity contribution in [2.24, 2.45) is 17.8 Å². The van der Waals surface area contributed by atoms with Crippen LogP contribution in [0.2, 0.25) is 0 Å². The Bertz CT molecular complexity index is 306. The third-order valence-corrected chi connectivity index (χ3v) is 6.17. The van der Waals surface area contributed by atoms with Crippen molar-refractivity contribution in [1.29, 1.82) is 0 Å². The summed E-state index contributed by atoms with van der Waals surface area (Å²) in [6.45, 7) is 5.53. The van der Waals surface area contributed by atoms with Crippen molar-refractivity contribution in [2.75, 3.05) is 6.61 Å². The number of allylic oxidation sites excluding steroid dienone is 2. The van der Waals surface area contributed by atoms with Gasteiger partial charge in [0.25, 0.3) is 0 Å². The van der Waals surface area contributed by atoms with Crippen LogP contribution in [-0.4, -0.2) is 12.7 Å².